The Kier molecular flexibility index (Phi) is 6.64. The quantitative estimate of drug-likeness (QED) is 0.619. The van der Waals surface area contributed by atoms with E-state index in [9.17, 15) is 24.6 Å². The molecular weight excluding hydrogens is 432 g/mol. The molecule has 0 aromatic heterocycles. The molecule has 7 nitrogen and oxygen atoms in total. The average molecular weight is 465 g/mol. The number of aromatic hydroxyl groups is 1. The van der Waals surface area contributed by atoms with Gasteiger partial charge in [-0.25, -0.2) is 4.79 Å². The molecule has 3 atom stereocenters. The van der Waals surface area contributed by atoms with Crippen molar-refractivity contribution in [3.8, 4) is 5.75 Å². The number of likely N-dealkylation sites (tertiary alicyclic amines) is 1. The Labute approximate surface area is 199 Å². The number of carboxylic acid groups (broad SMARTS) is 1. The summed E-state index contributed by atoms with van der Waals surface area (Å²) in [5, 5.41) is 21.8. The Balaban J connectivity index is 1.42. The van der Waals surface area contributed by atoms with Crippen LogP contribution in [0.3, 0.4) is 0 Å². The number of hydrogen-bond acceptors (Lipinski definition) is 4. The van der Waals surface area contributed by atoms with Gasteiger partial charge in [0.15, 0.2) is 0 Å². The van der Waals surface area contributed by atoms with E-state index in [1.54, 1.807) is 24.3 Å². The summed E-state index contributed by atoms with van der Waals surface area (Å²) in [5.74, 6) is -1.08. The molecule has 0 radical (unpaired) electrons. The predicted molar refractivity (Wildman–Crippen MR) is 128 cm³/mol. The summed E-state index contributed by atoms with van der Waals surface area (Å²) >= 11 is 0. The van der Waals surface area contributed by atoms with Crippen LogP contribution in [0, 0.1) is 11.3 Å². The highest BCUT2D eigenvalue weighted by Crippen LogP contribution is 2.43. The zero-order valence-electron chi connectivity index (χ0n) is 19.7. The van der Waals surface area contributed by atoms with Gasteiger partial charge in [-0.3, -0.25) is 9.59 Å². The van der Waals surface area contributed by atoms with E-state index in [1.165, 1.54) is 17.7 Å². The van der Waals surface area contributed by atoms with Crippen LogP contribution in [0.25, 0.3) is 0 Å². The molecule has 2 aliphatic rings. The molecule has 1 aliphatic carbocycles. The van der Waals surface area contributed by atoms with Gasteiger partial charge in [0, 0.05) is 24.7 Å². The molecule has 1 aliphatic heterocycles. The summed E-state index contributed by atoms with van der Waals surface area (Å²) < 4.78 is 0. The fourth-order valence-electron chi connectivity index (χ4n) is 5.58. The van der Waals surface area contributed by atoms with Crippen LogP contribution in [0.4, 0.5) is 0 Å². The largest absolute Gasteiger partial charge is 0.508 e. The average Bonchev–Trinajstić information content (AvgIpc) is 3.26. The Morgan fingerprint density at radius 1 is 1.00 bits per heavy atom. The topological polar surface area (TPSA) is 107 Å². The number of aromatic carboxylic acids is 1. The number of carbonyl (C=O) groups excluding carboxylic acids is 2. The SMILES string of the molecule is CC1(C)CN(C(=O)C2CCCC2NC(=O)c2cccc(C(=O)O)c2)CCC1c1ccc(O)cc1. The van der Waals surface area contributed by atoms with Crippen molar-refractivity contribution < 1.29 is 24.6 Å². The molecule has 0 bridgehead atoms. The van der Waals surface area contributed by atoms with Gasteiger partial charge in [0.25, 0.3) is 5.91 Å². The molecule has 3 N–H and O–H groups in total. The number of phenolic OH excluding ortho intramolecular Hbond substituents is 1. The van der Waals surface area contributed by atoms with Crippen molar-refractivity contribution >= 4 is 17.8 Å². The number of carbonyl (C=O) groups is 3. The summed E-state index contributed by atoms with van der Waals surface area (Å²) in [6.07, 6.45) is 3.17. The van der Waals surface area contributed by atoms with Crippen molar-refractivity contribution in [1.82, 2.24) is 10.2 Å². The van der Waals surface area contributed by atoms with Crippen LogP contribution in [0.2, 0.25) is 0 Å². The lowest BCUT2D eigenvalue weighted by Gasteiger charge is -2.45. The van der Waals surface area contributed by atoms with Crippen LogP contribution in [-0.2, 0) is 4.79 Å². The molecule has 7 heteroatoms. The first-order valence-electron chi connectivity index (χ1n) is 11.9. The summed E-state index contributed by atoms with van der Waals surface area (Å²) in [6.45, 7) is 5.64. The van der Waals surface area contributed by atoms with Crippen molar-refractivity contribution in [3.63, 3.8) is 0 Å². The lowest BCUT2D eigenvalue weighted by Crippen LogP contribution is -2.52. The summed E-state index contributed by atoms with van der Waals surface area (Å²) in [7, 11) is 0. The van der Waals surface area contributed by atoms with Crippen LogP contribution in [-0.4, -0.2) is 52.0 Å². The minimum atomic E-state index is -1.08. The monoisotopic (exact) mass is 464 g/mol. The van der Waals surface area contributed by atoms with Crippen LogP contribution < -0.4 is 5.32 Å². The van der Waals surface area contributed by atoms with Gasteiger partial charge in [-0.15, -0.1) is 0 Å². The molecule has 1 heterocycles. The third-order valence-electron chi connectivity index (χ3n) is 7.36. The normalized spacial score (nSPS) is 23.9. The highest BCUT2D eigenvalue weighted by molar-refractivity contribution is 5.98. The fourth-order valence-corrected chi connectivity index (χ4v) is 5.58. The second-order valence-electron chi connectivity index (χ2n) is 10.2. The molecule has 4 rings (SSSR count). The van der Waals surface area contributed by atoms with Gasteiger partial charge in [0.05, 0.1) is 11.5 Å². The van der Waals surface area contributed by atoms with Crippen LogP contribution in [0.5, 0.6) is 5.75 Å². The highest BCUT2D eigenvalue weighted by atomic mass is 16.4. The third kappa shape index (κ3) is 4.93. The van der Waals surface area contributed by atoms with Crippen molar-refractivity contribution in [1.29, 1.82) is 0 Å². The van der Waals surface area contributed by atoms with Crippen molar-refractivity contribution in [2.75, 3.05) is 13.1 Å². The summed E-state index contributed by atoms with van der Waals surface area (Å²) in [6, 6.07) is 13.0. The minimum absolute atomic E-state index is 0.0606. The lowest BCUT2D eigenvalue weighted by molar-refractivity contribution is -0.139. The van der Waals surface area contributed by atoms with Crippen molar-refractivity contribution in [3.05, 3.63) is 65.2 Å². The molecule has 1 saturated heterocycles. The van der Waals surface area contributed by atoms with Gasteiger partial charge in [0.1, 0.15) is 5.75 Å². The Bertz CT molecular complexity index is 1080. The summed E-state index contributed by atoms with van der Waals surface area (Å²) in [5.41, 5.74) is 1.39. The molecule has 1 saturated carbocycles. The number of rotatable bonds is 5. The maximum absolute atomic E-state index is 13.5. The van der Waals surface area contributed by atoms with Gasteiger partial charge in [-0.2, -0.15) is 0 Å². The maximum atomic E-state index is 13.5. The molecule has 180 valence electrons. The van der Waals surface area contributed by atoms with Gasteiger partial charge < -0.3 is 20.4 Å². The molecule has 2 aromatic carbocycles. The standard InChI is InChI=1S/C27H32N2O5/c1-27(2)16-29(14-13-22(27)17-9-11-20(30)12-10-17)25(32)21-7-4-8-23(21)28-24(31)18-5-3-6-19(15-18)26(33)34/h3,5-6,9-12,15,21-23,30H,4,7-8,13-14,16H2,1-2H3,(H,28,31)(H,33,34). The molecule has 3 unspecified atom stereocenters. The highest BCUT2D eigenvalue weighted by Gasteiger charge is 2.42. The second kappa shape index (κ2) is 9.49. The Morgan fingerprint density at radius 2 is 1.71 bits per heavy atom. The smallest absolute Gasteiger partial charge is 0.335 e. The van der Waals surface area contributed by atoms with Crippen LogP contribution >= 0.6 is 0 Å². The first-order chi connectivity index (χ1) is 16.2. The van der Waals surface area contributed by atoms with E-state index in [1.807, 2.05) is 17.0 Å². The predicted octanol–water partition coefficient (Wildman–Crippen LogP) is 4.03. The number of carboxylic acids is 1. The van der Waals surface area contributed by atoms with E-state index in [4.69, 9.17) is 0 Å². The van der Waals surface area contributed by atoms with Gasteiger partial charge in [-0.1, -0.05) is 38.5 Å². The van der Waals surface area contributed by atoms with Crippen molar-refractivity contribution in [2.45, 2.75) is 51.5 Å². The Hall–Kier alpha value is -3.35. The molecule has 2 amide bonds. The molecule has 0 spiro atoms. The number of hydrogen-bond donors (Lipinski definition) is 3. The van der Waals surface area contributed by atoms with Crippen LogP contribution in [0.1, 0.15) is 71.7 Å². The molecular formula is C27H32N2O5. The van der Waals surface area contributed by atoms with Gasteiger partial charge in [0.2, 0.25) is 5.91 Å². The fraction of sp³-hybridized carbons (Fsp3) is 0.444. The zero-order valence-corrected chi connectivity index (χ0v) is 19.7. The number of piperidine rings is 1. The number of phenols is 1. The van der Waals surface area contributed by atoms with E-state index in [-0.39, 0.29) is 52.0 Å². The van der Waals surface area contributed by atoms with E-state index < -0.39 is 5.97 Å². The lowest BCUT2D eigenvalue weighted by atomic mass is 9.70. The molecule has 34 heavy (non-hydrogen) atoms. The number of nitrogens with zero attached hydrogens (tertiary/aromatic N) is 1. The minimum Gasteiger partial charge on any atom is -0.508 e. The third-order valence-corrected chi connectivity index (χ3v) is 7.36. The summed E-state index contributed by atoms with van der Waals surface area (Å²) in [4.78, 5) is 39.5. The number of nitrogens with one attached hydrogen (secondary N) is 1. The van der Waals surface area contributed by atoms with Gasteiger partial charge in [-0.05, 0) is 66.5 Å². The van der Waals surface area contributed by atoms with E-state index in [0.29, 0.717) is 13.1 Å². The number of benzene rings is 2. The first kappa shape index (κ1) is 23.8. The first-order valence-corrected chi connectivity index (χ1v) is 11.9. The molecule has 2 fully saturated rings. The number of amides is 2. The van der Waals surface area contributed by atoms with E-state index in [2.05, 4.69) is 19.2 Å². The Morgan fingerprint density at radius 3 is 2.38 bits per heavy atom. The van der Waals surface area contributed by atoms with E-state index in [0.717, 1.165) is 25.7 Å². The van der Waals surface area contributed by atoms with E-state index >= 15 is 0 Å². The maximum Gasteiger partial charge on any atom is 0.335 e. The van der Waals surface area contributed by atoms with Crippen molar-refractivity contribution in [2.24, 2.45) is 11.3 Å². The molecule has 2 aromatic rings. The van der Waals surface area contributed by atoms with Crippen LogP contribution in [0.15, 0.2) is 48.5 Å². The van der Waals surface area contributed by atoms with Gasteiger partial charge >= 0.3 is 5.97 Å². The second-order valence-corrected chi connectivity index (χ2v) is 10.2. The zero-order chi connectivity index (χ0) is 24.5.